The van der Waals surface area contributed by atoms with Gasteiger partial charge in [-0.2, -0.15) is 0 Å². The van der Waals surface area contributed by atoms with Gasteiger partial charge >= 0.3 is 0 Å². The first-order valence-electron chi connectivity index (χ1n) is 4.38. The van der Waals surface area contributed by atoms with Gasteiger partial charge < -0.3 is 14.6 Å². The van der Waals surface area contributed by atoms with Crippen molar-refractivity contribution in [1.29, 1.82) is 0 Å². The zero-order chi connectivity index (χ0) is 11.3. The first-order valence-corrected chi connectivity index (χ1v) is 4.76. The van der Waals surface area contributed by atoms with E-state index in [2.05, 4.69) is 0 Å². The lowest BCUT2D eigenvalue weighted by Crippen LogP contribution is -2.22. The van der Waals surface area contributed by atoms with Crippen LogP contribution in [0.4, 0.5) is 4.39 Å². The fraction of sp³-hybridized carbons (Fsp3) is 0.400. The molecule has 0 aliphatic rings. The molecular weight excluding hydrogens is 223 g/mol. The Morgan fingerprint density at radius 3 is 2.80 bits per heavy atom. The average Bonchev–Trinajstić information content (AvgIpc) is 2.17. The van der Waals surface area contributed by atoms with Crippen LogP contribution in [0.15, 0.2) is 18.2 Å². The highest BCUT2D eigenvalue weighted by molar-refractivity contribution is 6.30. The van der Waals surface area contributed by atoms with E-state index in [0.717, 1.165) is 6.07 Å². The van der Waals surface area contributed by atoms with Crippen molar-refractivity contribution < 1.29 is 19.0 Å². The quantitative estimate of drug-likeness (QED) is 0.845. The lowest BCUT2D eigenvalue weighted by molar-refractivity contribution is 0.0316. The molecule has 0 saturated carbocycles. The zero-order valence-corrected chi connectivity index (χ0v) is 9.00. The molecule has 0 spiro atoms. The molecule has 1 aromatic rings. The molecule has 0 heterocycles. The Morgan fingerprint density at radius 1 is 1.47 bits per heavy atom. The Kier molecular flexibility index (Phi) is 4.81. The van der Waals surface area contributed by atoms with Gasteiger partial charge in [0.15, 0.2) is 11.6 Å². The van der Waals surface area contributed by atoms with Gasteiger partial charge in [0.2, 0.25) is 0 Å². The summed E-state index contributed by atoms with van der Waals surface area (Å²) in [6, 6.07) is 4.08. The van der Waals surface area contributed by atoms with Crippen molar-refractivity contribution in [3.63, 3.8) is 0 Å². The minimum Gasteiger partial charge on any atom is -0.488 e. The molecule has 0 unspecified atom stereocenters. The second-order valence-corrected chi connectivity index (χ2v) is 3.43. The number of rotatable bonds is 5. The molecule has 1 N–H and O–H groups in total. The third-order valence-corrected chi connectivity index (χ3v) is 1.92. The summed E-state index contributed by atoms with van der Waals surface area (Å²) in [5.41, 5.74) is 0. The number of hydrogen-bond donors (Lipinski definition) is 1. The molecule has 0 saturated heterocycles. The highest BCUT2D eigenvalue weighted by Crippen LogP contribution is 2.20. The lowest BCUT2D eigenvalue weighted by Gasteiger charge is -2.11. The van der Waals surface area contributed by atoms with Gasteiger partial charge in [-0.05, 0) is 18.2 Å². The van der Waals surface area contributed by atoms with Gasteiger partial charge in [0.25, 0.3) is 0 Å². The van der Waals surface area contributed by atoms with Crippen LogP contribution < -0.4 is 4.74 Å². The Morgan fingerprint density at radius 2 is 2.20 bits per heavy atom. The number of benzene rings is 1. The Hall–Kier alpha value is -0.840. The summed E-state index contributed by atoms with van der Waals surface area (Å²) < 4.78 is 22.9. The highest BCUT2D eigenvalue weighted by Gasteiger charge is 2.08. The molecule has 0 aliphatic carbocycles. The van der Waals surface area contributed by atoms with Crippen LogP contribution in [0.25, 0.3) is 0 Å². The summed E-state index contributed by atoms with van der Waals surface area (Å²) in [6.45, 7) is 0.127. The summed E-state index contributed by atoms with van der Waals surface area (Å²) in [5, 5.41) is 9.56. The van der Waals surface area contributed by atoms with Crippen LogP contribution in [0.1, 0.15) is 0 Å². The van der Waals surface area contributed by atoms with Crippen molar-refractivity contribution in [3.05, 3.63) is 29.0 Å². The molecule has 1 atom stereocenters. The fourth-order valence-electron chi connectivity index (χ4n) is 1.02. The maximum Gasteiger partial charge on any atom is 0.166 e. The zero-order valence-electron chi connectivity index (χ0n) is 8.24. The molecule has 1 rings (SSSR count). The summed E-state index contributed by atoms with van der Waals surface area (Å²) >= 11 is 5.56. The molecule has 0 radical (unpaired) electrons. The predicted molar refractivity (Wildman–Crippen MR) is 54.8 cm³/mol. The summed E-state index contributed by atoms with van der Waals surface area (Å²) in [6.07, 6.45) is -0.773. The molecule has 0 fully saturated rings. The maximum atomic E-state index is 13.2. The van der Waals surface area contributed by atoms with Gasteiger partial charge in [0.1, 0.15) is 12.7 Å². The third kappa shape index (κ3) is 4.03. The number of hydrogen-bond acceptors (Lipinski definition) is 3. The van der Waals surface area contributed by atoms with Gasteiger partial charge in [0.05, 0.1) is 6.61 Å². The number of halogens is 2. The summed E-state index contributed by atoms with van der Waals surface area (Å²) in [4.78, 5) is 0. The number of ether oxygens (including phenoxy) is 2. The Balaban J connectivity index is 2.50. The van der Waals surface area contributed by atoms with E-state index < -0.39 is 11.9 Å². The van der Waals surface area contributed by atoms with E-state index in [-0.39, 0.29) is 19.0 Å². The molecule has 0 aromatic heterocycles. The molecule has 84 valence electrons. The average molecular weight is 235 g/mol. The van der Waals surface area contributed by atoms with Crippen LogP contribution in [-0.4, -0.2) is 31.5 Å². The third-order valence-electron chi connectivity index (χ3n) is 1.68. The monoisotopic (exact) mass is 234 g/mol. The molecule has 5 heteroatoms. The minimum absolute atomic E-state index is 0.0214. The van der Waals surface area contributed by atoms with E-state index in [1.54, 1.807) is 0 Å². The van der Waals surface area contributed by atoms with Crippen molar-refractivity contribution in [3.8, 4) is 5.75 Å². The van der Waals surface area contributed by atoms with Crippen molar-refractivity contribution in [1.82, 2.24) is 0 Å². The molecule has 0 aliphatic heterocycles. The van der Waals surface area contributed by atoms with Crippen LogP contribution in [-0.2, 0) is 4.74 Å². The molecule has 1 aromatic carbocycles. The topological polar surface area (TPSA) is 38.7 Å². The maximum absolute atomic E-state index is 13.2. The van der Waals surface area contributed by atoms with Crippen LogP contribution in [0.2, 0.25) is 5.02 Å². The first-order chi connectivity index (χ1) is 7.13. The number of aliphatic hydroxyl groups is 1. The van der Waals surface area contributed by atoms with Crippen molar-refractivity contribution in [2.24, 2.45) is 0 Å². The Labute approximate surface area is 92.4 Å². The molecule has 3 nitrogen and oxygen atoms in total. The molecular formula is C10H12ClFO3. The van der Waals surface area contributed by atoms with Gasteiger partial charge in [-0.1, -0.05) is 11.6 Å². The van der Waals surface area contributed by atoms with Crippen LogP contribution in [0.3, 0.4) is 0 Å². The van der Waals surface area contributed by atoms with Crippen molar-refractivity contribution in [2.45, 2.75) is 6.10 Å². The first kappa shape index (κ1) is 12.2. The second kappa shape index (κ2) is 5.90. The largest absolute Gasteiger partial charge is 0.488 e. The van der Waals surface area contributed by atoms with Crippen LogP contribution in [0, 0.1) is 5.82 Å². The van der Waals surface area contributed by atoms with E-state index in [0.29, 0.717) is 5.02 Å². The van der Waals surface area contributed by atoms with Crippen molar-refractivity contribution >= 4 is 11.6 Å². The van der Waals surface area contributed by atoms with Gasteiger partial charge in [0, 0.05) is 12.1 Å². The van der Waals surface area contributed by atoms with E-state index >= 15 is 0 Å². The fourth-order valence-corrected chi connectivity index (χ4v) is 1.18. The molecule has 0 amide bonds. The van der Waals surface area contributed by atoms with E-state index in [1.165, 1.54) is 19.2 Å². The minimum atomic E-state index is -0.773. The lowest BCUT2D eigenvalue weighted by atomic mass is 10.3. The van der Waals surface area contributed by atoms with Gasteiger partial charge in [-0.3, -0.25) is 0 Å². The summed E-state index contributed by atoms with van der Waals surface area (Å²) in [5.74, 6) is -0.485. The smallest absolute Gasteiger partial charge is 0.166 e. The number of methoxy groups -OCH3 is 1. The van der Waals surface area contributed by atoms with Crippen LogP contribution in [0.5, 0.6) is 5.75 Å². The summed E-state index contributed by atoms with van der Waals surface area (Å²) in [7, 11) is 1.46. The molecule has 15 heavy (non-hydrogen) atoms. The normalized spacial score (nSPS) is 12.5. The second-order valence-electron chi connectivity index (χ2n) is 2.99. The SMILES string of the molecule is COC[C@@H](O)COc1ccc(Cl)cc1F. The standard InChI is InChI=1S/C10H12ClFO3/c1-14-5-8(13)6-15-10-3-2-7(11)4-9(10)12/h2-4,8,13H,5-6H2,1H3/t8-/m1/s1. The predicted octanol–water partition coefficient (Wildman–Crippen LogP) is 1.87. The van der Waals surface area contributed by atoms with Gasteiger partial charge in [-0.25, -0.2) is 4.39 Å². The van der Waals surface area contributed by atoms with E-state index in [4.69, 9.17) is 21.1 Å². The van der Waals surface area contributed by atoms with E-state index in [9.17, 15) is 9.50 Å². The van der Waals surface area contributed by atoms with Crippen LogP contribution >= 0.6 is 11.6 Å². The Bertz CT molecular complexity index is 320. The van der Waals surface area contributed by atoms with Crippen molar-refractivity contribution in [2.75, 3.05) is 20.3 Å². The van der Waals surface area contributed by atoms with Gasteiger partial charge in [-0.15, -0.1) is 0 Å². The highest BCUT2D eigenvalue weighted by atomic mass is 35.5. The molecule has 0 bridgehead atoms. The van der Waals surface area contributed by atoms with E-state index in [1.807, 2.05) is 0 Å². The number of aliphatic hydroxyl groups excluding tert-OH is 1.